The van der Waals surface area contributed by atoms with E-state index in [1.165, 1.54) is 237 Å². The van der Waals surface area contributed by atoms with Crippen molar-refractivity contribution in [3.8, 4) is 22.8 Å². The van der Waals surface area contributed by atoms with E-state index < -0.39 is 0 Å². The first-order chi connectivity index (χ1) is 29.6. The average molecular weight is 824 g/mol. The number of carbonyl (C=O) groups is 1. The Morgan fingerprint density at radius 1 is 0.400 bits per heavy atom. The number of unbranched alkanes of at least 4 members (excludes halogenated alkanes) is 32. The second kappa shape index (κ2) is 35.5. The molecule has 0 radical (unpaired) electrons. The number of esters is 1. The van der Waals surface area contributed by atoms with Crippen molar-refractivity contribution in [2.75, 3.05) is 7.11 Å². The summed E-state index contributed by atoms with van der Waals surface area (Å²) in [6, 6.07) is 12.1. The van der Waals surface area contributed by atoms with E-state index in [1.807, 2.05) is 12.4 Å². The molecule has 0 amide bonds. The summed E-state index contributed by atoms with van der Waals surface area (Å²) < 4.78 is 5.14. The number of pyridine rings is 3. The average Bonchev–Trinajstić information content (AvgIpc) is 3.28. The van der Waals surface area contributed by atoms with Crippen LogP contribution in [0.1, 0.15) is 254 Å². The van der Waals surface area contributed by atoms with Gasteiger partial charge >= 0.3 is 5.97 Å². The molecular weight excluding hydrogens is 735 g/mol. The SMILES string of the molecule is CCCCCCCCCCCCCCCCCCCc1ccnc(-c2cc(C(=O)OC)cc(-c3cc(CCCCCCCCCCCCCCCCCCC)ccn3)n2)c1. The van der Waals surface area contributed by atoms with Crippen molar-refractivity contribution in [2.45, 2.75) is 245 Å². The van der Waals surface area contributed by atoms with Crippen LogP contribution in [0.3, 0.4) is 0 Å². The van der Waals surface area contributed by atoms with Crippen LogP contribution in [0.2, 0.25) is 0 Å². The predicted molar refractivity (Wildman–Crippen MR) is 258 cm³/mol. The van der Waals surface area contributed by atoms with Crippen molar-refractivity contribution in [1.82, 2.24) is 15.0 Å². The van der Waals surface area contributed by atoms with E-state index in [4.69, 9.17) is 9.72 Å². The Labute approximate surface area is 369 Å². The topological polar surface area (TPSA) is 65.0 Å². The number of ether oxygens (including phenoxy) is 1. The van der Waals surface area contributed by atoms with E-state index in [0.717, 1.165) is 24.2 Å². The lowest BCUT2D eigenvalue weighted by Gasteiger charge is -2.10. The third kappa shape index (κ3) is 24.4. The second-order valence-corrected chi connectivity index (χ2v) is 18.0. The first kappa shape index (κ1) is 51.3. The van der Waals surface area contributed by atoms with E-state index in [1.54, 1.807) is 12.1 Å². The minimum absolute atomic E-state index is 0.376. The van der Waals surface area contributed by atoms with Gasteiger partial charge in [-0.3, -0.25) is 9.97 Å². The summed E-state index contributed by atoms with van der Waals surface area (Å²) in [5, 5.41) is 0. The Hall–Kier alpha value is -3.08. The predicted octanol–water partition coefficient (Wildman–Crippen LogP) is 17.4. The molecule has 0 N–H and O–H groups in total. The van der Waals surface area contributed by atoms with Gasteiger partial charge in [0.1, 0.15) is 0 Å². The third-order valence-corrected chi connectivity index (χ3v) is 12.6. The molecule has 0 unspecified atom stereocenters. The summed E-state index contributed by atoms with van der Waals surface area (Å²) in [6.45, 7) is 4.59. The standard InChI is InChI=1S/C55H89N3O2/c1-4-6-8-10-12-14-16-18-20-22-24-26-28-30-32-34-36-38-48-40-42-56-51(44-48)53-46-50(55(59)60-3)47-54(58-53)52-45-49(41-43-57-52)39-37-35-33-31-29-27-25-23-21-19-17-15-13-11-9-7-5-2/h40-47H,4-39H2,1-3H3. The highest BCUT2D eigenvalue weighted by Crippen LogP contribution is 2.26. The van der Waals surface area contributed by atoms with Crippen LogP contribution in [0.4, 0.5) is 0 Å². The Bertz CT molecular complexity index is 1390. The van der Waals surface area contributed by atoms with Crippen molar-refractivity contribution in [2.24, 2.45) is 0 Å². The fourth-order valence-electron chi connectivity index (χ4n) is 8.68. The minimum Gasteiger partial charge on any atom is -0.465 e. The van der Waals surface area contributed by atoms with Crippen LogP contribution in [-0.4, -0.2) is 28.0 Å². The monoisotopic (exact) mass is 824 g/mol. The van der Waals surface area contributed by atoms with Crippen LogP contribution in [0.25, 0.3) is 22.8 Å². The second-order valence-electron chi connectivity index (χ2n) is 18.0. The van der Waals surface area contributed by atoms with Crippen molar-refractivity contribution in [1.29, 1.82) is 0 Å². The van der Waals surface area contributed by atoms with Gasteiger partial charge in [-0.15, -0.1) is 0 Å². The van der Waals surface area contributed by atoms with Crippen LogP contribution in [0, 0.1) is 0 Å². The minimum atomic E-state index is -0.376. The molecule has 3 aromatic heterocycles. The van der Waals surface area contributed by atoms with Crippen molar-refractivity contribution >= 4 is 5.97 Å². The fraction of sp³-hybridized carbons (Fsp3) is 0.709. The molecule has 60 heavy (non-hydrogen) atoms. The molecule has 336 valence electrons. The lowest BCUT2D eigenvalue weighted by Crippen LogP contribution is -2.04. The largest absolute Gasteiger partial charge is 0.465 e. The Morgan fingerprint density at radius 2 is 0.683 bits per heavy atom. The number of aromatic nitrogens is 3. The molecule has 3 heterocycles. The molecule has 0 aliphatic rings. The van der Waals surface area contributed by atoms with Crippen LogP contribution < -0.4 is 0 Å². The van der Waals surface area contributed by atoms with E-state index >= 15 is 0 Å². The molecular formula is C55H89N3O2. The van der Waals surface area contributed by atoms with E-state index in [2.05, 4.69) is 48.1 Å². The molecule has 3 aromatic rings. The first-order valence-corrected chi connectivity index (χ1v) is 25.7. The number of hydrogen-bond donors (Lipinski definition) is 0. The summed E-state index contributed by atoms with van der Waals surface area (Å²) in [4.78, 5) is 27.2. The van der Waals surface area contributed by atoms with E-state index in [-0.39, 0.29) is 5.97 Å². The fourth-order valence-corrected chi connectivity index (χ4v) is 8.68. The maximum absolute atomic E-state index is 12.8. The number of methoxy groups -OCH3 is 1. The van der Waals surface area contributed by atoms with Crippen molar-refractivity contribution < 1.29 is 9.53 Å². The summed E-state index contributed by atoms with van der Waals surface area (Å²) >= 11 is 0. The van der Waals surface area contributed by atoms with Crippen LogP contribution in [0.15, 0.2) is 48.8 Å². The Balaban J connectivity index is 1.34. The zero-order valence-corrected chi connectivity index (χ0v) is 39.2. The van der Waals surface area contributed by atoms with E-state index in [9.17, 15) is 4.79 Å². The van der Waals surface area contributed by atoms with Gasteiger partial charge in [-0.2, -0.15) is 0 Å². The highest BCUT2D eigenvalue weighted by molar-refractivity contribution is 5.91. The van der Waals surface area contributed by atoms with Gasteiger partial charge in [0.2, 0.25) is 0 Å². The summed E-state index contributed by atoms with van der Waals surface area (Å²) in [7, 11) is 1.43. The molecule has 0 saturated heterocycles. The maximum Gasteiger partial charge on any atom is 0.338 e. The molecule has 0 aliphatic carbocycles. The molecule has 0 bridgehead atoms. The van der Waals surface area contributed by atoms with Crippen LogP contribution in [-0.2, 0) is 17.6 Å². The first-order valence-electron chi connectivity index (χ1n) is 25.7. The normalized spacial score (nSPS) is 11.4. The lowest BCUT2D eigenvalue weighted by atomic mass is 10.0. The smallest absolute Gasteiger partial charge is 0.338 e. The summed E-state index contributed by atoms with van der Waals surface area (Å²) in [6.07, 6.45) is 52.8. The molecule has 0 saturated carbocycles. The van der Waals surface area contributed by atoms with Gasteiger partial charge in [0, 0.05) is 12.4 Å². The van der Waals surface area contributed by atoms with Gasteiger partial charge in [-0.05, 0) is 73.2 Å². The van der Waals surface area contributed by atoms with E-state index in [0.29, 0.717) is 17.0 Å². The molecule has 5 nitrogen and oxygen atoms in total. The zero-order valence-electron chi connectivity index (χ0n) is 39.2. The number of nitrogens with zero attached hydrogens (tertiary/aromatic N) is 3. The molecule has 0 spiro atoms. The van der Waals surface area contributed by atoms with Gasteiger partial charge < -0.3 is 4.74 Å². The number of carbonyl (C=O) groups excluding carboxylic acids is 1. The number of rotatable bonds is 39. The Kier molecular flexibility index (Phi) is 30.3. The van der Waals surface area contributed by atoms with Crippen molar-refractivity contribution in [3.05, 3.63) is 65.5 Å². The Morgan fingerprint density at radius 3 is 0.967 bits per heavy atom. The molecule has 0 fully saturated rings. The molecule has 5 heteroatoms. The maximum atomic E-state index is 12.8. The zero-order chi connectivity index (χ0) is 42.6. The van der Waals surface area contributed by atoms with Gasteiger partial charge in [0.05, 0.1) is 35.4 Å². The quantitative estimate of drug-likeness (QED) is 0.0423. The highest BCUT2D eigenvalue weighted by atomic mass is 16.5. The van der Waals surface area contributed by atoms with Crippen molar-refractivity contribution in [3.63, 3.8) is 0 Å². The number of hydrogen-bond acceptors (Lipinski definition) is 5. The molecule has 3 rings (SSSR count). The molecule has 0 aromatic carbocycles. The van der Waals surface area contributed by atoms with Gasteiger partial charge in [-0.1, -0.05) is 219 Å². The summed E-state index contributed by atoms with van der Waals surface area (Å²) in [5.74, 6) is -0.376. The summed E-state index contributed by atoms with van der Waals surface area (Å²) in [5.41, 5.74) is 5.93. The third-order valence-electron chi connectivity index (χ3n) is 12.6. The lowest BCUT2D eigenvalue weighted by molar-refractivity contribution is 0.0600. The van der Waals surface area contributed by atoms with Gasteiger partial charge in [-0.25, -0.2) is 9.78 Å². The molecule has 0 aliphatic heterocycles. The molecule has 0 atom stereocenters. The number of aryl methyl sites for hydroxylation is 2. The van der Waals surface area contributed by atoms with Gasteiger partial charge in [0.25, 0.3) is 0 Å². The highest BCUT2D eigenvalue weighted by Gasteiger charge is 2.15. The van der Waals surface area contributed by atoms with Gasteiger partial charge in [0.15, 0.2) is 0 Å². The van der Waals surface area contributed by atoms with Crippen LogP contribution in [0.5, 0.6) is 0 Å². The van der Waals surface area contributed by atoms with Crippen LogP contribution >= 0.6 is 0 Å².